The Balaban J connectivity index is 0.745. The fourth-order valence-corrected chi connectivity index (χ4v) is 13.9. The van der Waals surface area contributed by atoms with Crippen LogP contribution in [0.3, 0.4) is 0 Å². The van der Waals surface area contributed by atoms with Crippen molar-refractivity contribution in [1.29, 1.82) is 0 Å². The number of hydrogen-bond donors (Lipinski definition) is 6. The lowest BCUT2D eigenvalue weighted by molar-refractivity contribution is -0.139. The van der Waals surface area contributed by atoms with Crippen LogP contribution in [0.4, 0.5) is 27.5 Å². The predicted octanol–water partition coefficient (Wildman–Crippen LogP) is 7.76. The fourth-order valence-electron chi connectivity index (χ4n) is 10.6. The van der Waals surface area contributed by atoms with Crippen LogP contribution in [-0.2, 0) is 30.2 Å². The molecular formula is C51H54ClN7O11S2. The standard InChI is InChI=1S/C51H54ClN7O11S2/c1-51(2)26-34(54-33-9-4-7-31(25-33)45-43(52)44(70-27-41(61)62)46(71-45)49(65)66)19-23-58(51)72(68,69)28-30-6-3-8-32(24-30)55-50(67)53-20-16-29-17-21-57(22-18-29)37-12-13-38-42-35(37)10-5-11-36(42)48(64)59(38)39-14-15-40(60)56-47(39)63/h3-13,24-25,29,34,39,54H,14-23,26-28H2,1-2H3,(H,61,62)(H,65,66)(H2,53,55,67)(H,56,60,63)/t34-,39?/m0/s1. The molecule has 1 aromatic heterocycles. The van der Waals surface area contributed by atoms with E-state index in [0.717, 1.165) is 60.1 Å². The second-order valence-corrected chi connectivity index (χ2v) is 22.5. The Morgan fingerprint density at radius 2 is 1.64 bits per heavy atom. The van der Waals surface area contributed by atoms with E-state index in [1.807, 2.05) is 44.2 Å². The average Bonchev–Trinajstić information content (AvgIpc) is 3.81. The Morgan fingerprint density at radius 3 is 2.38 bits per heavy atom. The zero-order chi connectivity index (χ0) is 51.1. The van der Waals surface area contributed by atoms with E-state index in [1.54, 1.807) is 48.5 Å². The summed E-state index contributed by atoms with van der Waals surface area (Å²) in [5, 5.41) is 32.2. The van der Waals surface area contributed by atoms with Gasteiger partial charge < -0.3 is 35.8 Å². The lowest BCUT2D eigenvalue weighted by Crippen LogP contribution is -2.55. The zero-order valence-electron chi connectivity index (χ0n) is 39.5. The summed E-state index contributed by atoms with van der Waals surface area (Å²) in [4.78, 5) is 78.3. The monoisotopic (exact) mass is 1040 g/mol. The first kappa shape index (κ1) is 50.2. The maximum atomic E-state index is 14.0. The van der Waals surface area contributed by atoms with Crippen molar-refractivity contribution in [1.82, 2.24) is 14.9 Å². The number of ether oxygens (including phenoxy) is 1. The molecule has 21 heteroatoms. The largest absolute Gasteiger partial charge is 0.479 e. The number of urea groups is 1. The summed E-state index contributed by atoms with van der Waals surface area (Å²) < 4.78 is 34.8. The van der Waals surface area contributed by atoms with Crippen LogP contribution >= 0.6 is 22.9 Å². The highest BCUT2D eigenvalue weighted by molar-refractivity contribution is 7.88. The number of imide groups is 1. The van der Waals surface area contributed by atoms with Gasteiger partial charge in [-0.3, -0.25) is 24.6 Å². The maximum absolute atomic E-state index is 14.0. The Labute approximate surface area is 424 Å². The molecular weight excluding hydrogens is 986 g/mol. The minimum absolute atomic E-state index is 0.000928. The van der Waals surface area contributed by atoms with Crippen LogP contribution in [0.15, 0.2) is 78.9 Å². The zero-order valence-corrected chi connectivity index (χ0v) is 41.9. The van der Waals surface area contributed by atoms with Crippen molar-refractivity contribution >= 4 is 102 Å². The summed E-state index contributed by atoms with van der Waals surface area (Å²) in [5.74, 6) is -3.68. The number of carboxylic acids is 2. The number of rotatable bonds is 16. The highest BCUT2D eigenvalue weighted by Gasteiger charge is 2.43. The molecule has 5 amide bonds. The molecule has 9 rings (SSSR count). The van der Waals surface area contributed by atoms with Gasteiger partial charge in [0, 0.05) is 77.6 Å². The number of aliphatic carboxylic acids is 1. The van der Waals surface area contributed by atoms with Gasteiger partial charge in [-0.05, 0) is 112 Å². The Hall–Kier alpha value is -6.74. The molecule has 18 nitrogen and oxygen atoms in total. The van der Waals surface area contributed by atoms with Crippen LogP contribution in [0, 0.1) is 5.92 Å². The first-order valence-corrected chi connectivity index (χ1v) is 26.6. The Bertz CT molecular complexity index is 3120. The molecule has 0 radical (unpaired) electrons. The van der Waals surface area contributed by atoms with Gasteiger partial charge in [0.05, 0.1) is 16.3 Å². The second kappa shape index (κ2) is 20.4. The summed E-state index contributed by atoms with van der Waals surface area (Å²) in [7, 11) is -3.80. The first-order valence-electron chi connectivity index (χ1n) is 23.8. The molecule has 0 spiro atoms. The van der Waals surface area contributed by atoms with Gasteiger partial charge in [0.2, 0.25) is 21.8 Å². The molecule has 3 saturated heterocycles. The number of carbonyl (C=O) groups excluding carboxylic acids is 4. The van der Waals surface area contributed by atoms with E-state index in [-0.39, 0.29) is 64.7 Å². The number of anilines is 4. The molecule has 2 atom stereocenters. The lowest BCUT2D eigenvalue weighted by atomic mass is 9.89. The molecule has 1 unspecified atom stereocenters. The highest BCUT2D eigenvalue weighted by atomic mass is 35.5. The molecule has 4 aromatic carbocycles. The molecule has 0 aliphatic carbocycles. The third-order valence-corrected chi connectivity index (χ3v) is 17.6. The van der Waals surface area contributed by atoms with Crippen molar-refractivity contribution in [3.05, 3.63) is 99.9 Å². The molecule has 4 aliphatic heterocycles. The second-order valence-electron chi connectivity index (χ2n) is 19.2. The highest BCUT2D eigenvalue weighted by Crippen LogP contribution is 2.47. The van der Waals surface area contributed by atoms with Crippen LogP contribution in [0.5, 0.6) is 5.75 Å². The third kappa shape index (κ3) is 10.4. The van der Waals surface area contributed by atoms with E-state index in [4.69, 9.17) is 21.4 Å². The van der Waals surface area contributed by atoms with Gasteiger partial charge in [-0.15, -0.1) is 11.3 Å². The van der Waals surface area contributed by atoms with Crippen molar-refractivity contribution < 1.29 is 52.1 Å². The van der Waals surface area contributed by atoms with Gasteiger partial charge in [0.25, 0.3) is 5.91 Å². The van der Waals surface area contributed by atoms with Crippen LogP contribution in [0.25, 0.3) is 21.2 Å². The summed E-state index contributed by atoms with van der Waals surface area (Å²) in [6, 6.07) is 22.3. The molecule has 4 aliphatic rings. The number of sulfonamides is 1. The number of carbonyl (C=O) groups is 6. The van der Waals surface area contributed by atoms with Crippen LogP contribution < -0.4 is 35.8 Å². The van der Waals surface area contributed by atoms with E-state index in [9.17, 15) is 42.3 Å². The van der Waals surface area contributed by atoms with E-state index in [1.165, 1.54) is 9.21 Å². The number of nitrogens with one attached hydrogen (secondary N) is 4. The number of carboxylic acid groups (broad SMARTS) is 2. The van der Waals surface area contributed by atoms with Crippen molar-refractivity contribution in [2.75, 3.05) is 53.2 Å². The Morgan fingerprint density at radius 1 is 0.903 bits per heavy atom. The van der Waals surface area contributed by atoms with Gasteiger partial charge in [0.15, 0.2) is 17.2 Å². The molecule has 0 saturated carbocycles. The number of halogens is 1. The quantitative estimate of drug-likeness (QED) is 0.0518. The summed E-state index contributed by atoms with van der Waals surface area (Å²) >= 11 is 7.41. The van der Waals surface area contributed by atoms with Gasteiger partial charge in [-0.1, -0.05) is 48.0 Å². The van der Waals surface area contributed by atoms with E-state index >= 15 is 0 Å². The van der Waals surface area contributed by atoms with E-state index < -0.39 is 46.1 Å². The molecule has 3 fully saturated rings. The van der Waals surface area contributed by atoms with Crippen LogP contribution in [-0.4, -0.2) is 109 Å². The molecule has 72 heavy (non-hydrogen) atoms. The van der Waals surface area contributed by atoms with Crippen molar-refractivity contribution in [2.24, 2.45) is 5.92 Å². The summed E-state index contributed by atoms with van der Waals surface area (Å²) in [6.07, 6.45) is 4.03. The molecule has 0 bridgehead atoms. The van der Waals surface area contributed by atoms with Gasteiger partial charge in [-0.25, -0.2) is 22.8 Å². The SMILES string of the molecule is CC1(C)C[C@@H](Nc2cccc(-c3sc(C(=O)O)c(OCC(=O)O)c3Cl)c2)CCN1S(=O)(=O)Cc1cccc(NC(=O)NCCC2CCN(c3ccc4c5c(cccc35)C(=O)N4C3CCC(=O)NC3=O)CC2)c1. The van der Waals surface area contributed by atoms with Crippen molar-refractivity contribution in [3.63, 3.8) is 0 Å². The minimum Gasteiger partial charge on any atom is -0.479 e. The fraction of sp³-hybridized carbons (Fsp3) is 0.373. The number of amides is 5. The van der Waals surface area contributed by atoms with Crippen molar-refractivity contribution in [2.45, 2.75) is 82.2 Å². The van der Waals surface area contributed by atoms with Gasteiger partial charge >= 0.3 is 18.0 Å². The minimum atomic E-state index is -3.80. The number of aromatic carboxylic acids is 1. The first-order chi connectivity index (χ1) is 34.4. The predicted molar refractivity (Wildman–Crippen MR) is 275 cm³/mol. The number of hydrogen-bond acceptors (Lipinski definition) is 12. The average molecular weight is 1040 g/mol. The number of benzene rings is 4. The molecule has 5 aromatic rings. The molecule has 5 heterocycles. The van der Waals surface area contributed by atoms with E-state index in [2.05, 4.69) is 26.2 Å². The van der Waals surface area contributed by atoms with Crippen LogP contribution in [0.1, 0.15) is 84.4 Å². The van der Waals surface area contributed by atoms with Crippen molar-refractivity contribution in [3.8, 4) is 16.2 Å². The van der Waals surface area contributed by atoms with E-state index in [0.29, 0.717) is 63.9 Å². The van der Waals surface area contributed by atoms with Gasteiger partial charge in [-0.2, -0.15) is 4.31 Å². The number of nitrogens with zero attached hydrogens (tertiary/aromatic N) is 3. The number of piperidine rings is 3. The maximum Gasteiger partial charge on any atom is 0.349 e. The third-order valence-electron chi connectivity index (χ3n) is 13.8. The summed E-state index contributed by atoms with van der Waals surface area (Å²) in [5.41, 5.74) is 3.80. The number of thiophene rings is 1. The lowest BCUT2D eigenvalue weighted by Gasteiger charge is -2.45. The van der Waals surface area contributed by atoms with Crippen LogP contribution in [0.2, 0.25) is 5.02 Å². The summed E-state index contributed by atoms with van der Waals surface area (Å²) in [6.45, 7) is 5.32. The molecule has 6 N–H and O–H groups in total. The Kier molecular flexibility index (Phi) is 14.2. The topological polar surface area (TPSA) is 244 Å². The van der Waals surface area contributed by atoms with Gasteiger partial charge in [0.1, 0.15) is 11.1 Å². The molecule has 378 valence electrons. The normalized spacial score (nSPS) is 19.3. The smallest absolute Gasteiger partial charge is 0.349 e.